The highest BCUT2D eigenvalue weighted by Gasteiger charge is 2.01. The topological polar surface area (TPSA) is 50.7 Å². The summed E-state index contributed by atoms with van der Waals surface area (Å²) in [4.78, 5) is 11.6. The average molecular weight is 296 g/mol. The lowest BCUT2D eigenvalue weighted by Crippen LogP contribution is -2.24. The Bertz CT molecular complexity index is 619. The molecule has 2 rings (SSSR count). The summed E-state index contributed by atoms with van der Waals surface area (Å²) in [7, 11) is 0. The predicted octanol–water partition coefficient (Wildman–Crippen LogP) is 3.34. The number of para-hydroxylation sites is 1. The molecule has 2 aromatic rings. The lowest BCUT2D eigenvalue weighted by Gasteiger charge is -2.05. The molecule has 0 atom stereocenters. The Morgan fingerprint density at radius 1 is 1.14 bits per heavy atom. The molecule has 0 aliphatic heterocycles. The van der Waals surface area contributed by atoms with Crippen LogP contribution in [0.1, 0.15) is 30.9 Å². The van der Waals surface area contributed by atoms with Gasteiger partial charge in [0.1, 0.15) is 5.75 Å². The van der Waals surface area contributed by atoms with E-state index in [1.165, 1.54) is 5.56 Å². The van der Waals surface area contributed by atoms with Crippen molar-refractivity contribution in [2.24, 2.45) is 5.10 Å². The van der Waals surface area contributed by atoms with Gasteiger partial charge >= 0.3 is 0 Å². The molecule has 0 saturated carbocycles. The Labute approximate surface area is 130 Å². The molecule has 2 aromatic carbocycles. The van der Waals surface area contributed by atoms with Crippen molar-refractivity contribution >= 4 is 12.1 Å². The first-order chi connectivity index (χ1) is 10.6. The number of carbonyl (C=O) groups is 1. The summed E-state index contributed by atoms with van der Waals surface area (Å²) >= 11 is 0. The summed E-state index contributed by atoms with van der Waals surface area (Å²) < 4.78 is 5.33. The maximum atomic E-state index is 11.6. The van der Waals surface area contributed by atoms with Gasteiger partial charge in [0, 0.05) is 0 Å². The van der Waals surface area contributed by atoms with Gasteiger partial charge in [-0.3, -0.25) is 4.79 Å². The zero-order chi connectivity index (χ0) is 15.8. The Hall–Kier alpha value is -2.62. The highest BCUT2D eigenvalue weighted by molar-refractivity contribution is 5.82. The van der Waals surface area contributed by atoms with Crippen LogP contribution in [0.5, 0.6) is 5.75 Å². The molecule has 4 nitrogen and oxygen atoms in total. The van der Waals surface area contributed by atoms with Gasteiger partial charge < -0.3 is 4.74 Å². The van der Waals surface area contributed by atoms with Gasteiger partial charge in [0.25, 0.3) is 5.91 Å². The molecule has 114 valence electrons. The molecule has 0 aliphatic rings. The maximum Gasteiger partial charge on any atom is 0.277 e. The SMILES string of the molecule is CC(C)c1ccc(/C=N\NC(=O)COc2ccccc2)cc1. The van der Waals surface area contributed by atoms with Crippen molar-refractivity contribution in [1.82, 2.24) is 5.43 Å². The molecular weight excluding hydrogens is 276 g/mol. The maximum absolute atomic E-state index is 11.6. The van der Waals surface area contributed by atoms with E-state index >= 15 is 0 Å². The molecule has 1 N–H and O–H groups in total. The van der Waals surface area contributed by atoms with Crippen LogP contribution in [0.15, 0.2) is 59.7 Å². The van der Waals surface area contributed by atoms with E-state index in [4.69, 9.17) is 4.74 Å². The third-order valence-electron chi connectivity index (χ3n) is 3.12. The van der Waals surface area contributed by atoms with Gasteiger partial charge in [0.15, 0.2) is 6.61 Å². The van der Waals surface area contributed by atoms with Crippen molar-refractivity contribution in [3.05, 3.63) is 65.7 Å². The monoisotopic (exact) mass is 296 g/mol. The summed E-state index contributed by atoms with van der Waals surface area (Å²) in [5.41, 5.74) is 4.66. The van der Waals surface area contributed by atoms with E-state index in [2.05, 4.69) is 36.5 Å². The molecule has 4 heteroatoms. The smallest absolute Gasteiger partial charge is 0.277 e. The van der Waals surface area contributed by atoms with Crippen LogP contribution in [0.25, 0.3) is 0 Å². The number of carbonyl (C=O) groups excluding carboxylic acids is 1. The first-order valence-corrected chi connectivity index (χ1v) is 7.25. The number of rotatable bonds is 6. The summed E-state index contributed by atoms with van der Waals surface area (Å²) in [5.74, 6) is 0.866. The van der Waals surface area contributed by atoms with Crippen molar-refractivity contribution in [3.63, 3.8) is 0 Å². The quantitative estimate of drug-likeness (QED) is 0.656. The Kier molecular flexibility index (Phi) is 5.72. The van der Waals surface area contributed by atoms with Crippen molar-refractivity contribution in [2.75, 3.05) is 6.61 Å². The second-order valence-corrected chi connectivity index (χ2v) is 5.22. The Morgan fingerprint density at radius 3 is 2.45 bits per heavy atom. The number of nitrogens with zero attached hydrogens (tertiary/aromatic N) is 1. The van der Waals surface area contributed by atoms with Gasteiger partial charge in [-0.05, 0) is 29.2 Å². The second-order valence-electron chi connectivity index (χ2n) is 5.22. The summed E-state index contributed by atoms with van der Waals surface area (Å²) in [6.07, 6.45) is 1.62. The molecule has 0 bridgehead atoms. The fraction of sp³-hybridized carbons (Fsp3) is 0.222. The van der Waals surface area contributed by atoms with E-state index in [0.29, 0.717) is 11.7 Å². The van der Waals surface area contributed by atoms with Crippen molar-refractivity contribution in [2.45, 2.75) is 19.8 Å². The van der Waals surface area contributed by atoms with E-state index in [0.717, 1.165) is 5.56 Å². The first-order valence-electron chi connectivity index (χ1n) is 7.25. The van der Waals surface area contributed by atoms with Crippen LogP contribution in [0, 0.1) is 0 Å². The fourth-order valence-electron chi connectivity index (χ4n) is 1.84. The highest BCUT2D eigenvalue weighted by atomic mass is 16.5. The molecule has 0 fully saturated rings. The molecular formula is C18H20N2O2. The molecule has 0 saturated heterocycles. The fourth-order valence-corrected chi connectivity index (χ4v) is 1.84. The number of nitrogens with one attached hydrogen (secondary N) is 1. The van der Waals surface area contributed by atoms with Gasteiger partial charge in [0.05, 0.1) is 6.21 Å². The largest absolute Gasteiger partial charge is 0.484 e. The minimum absolute atomic E-state index is 0.0619. The van der Waals surface area contributed by atoms with Gasteiger partial charge in [0.2, 0.25) is 0 Å². The minimum atomic E-state index is -0.293. The number of amides is 1. The number of hydrazone groups is 1. The van der Waals surface area contributed by atoms with Crippen molar-refractivity contribution in [3.8, 4) is 5.75 Å². The average Bonchev–Trinajstić information content (AvgIpc) is 2.54. The lowest BCUT2D eigenvalue weighted by atomic mass is 10.0. The predicted molar refractivity (Wildman–Crippen MR) is 88.2 cm³/mol. The molecule has 0 aliphatic carbocycles. The van der Waals surface area contributed by atoms with Crippen molar-refractivity contribution in [1.29, 1.82) is 0 Å². The van der Waals surface area contributed by atoms with E-state index in [1.54, 1.807) is 18.3 Å². The molecule has 22 heavy (non-hydrogen) atoms. The Balaban J connectivity index is 1.78. The van der Waals surface area contributed by atoms with Crippen LogP contribution in [0.4, 0.5) is 0 Å². The molecule has 1 amide bonds. The van der Waals surface area contributed by atoms with Gasteiger partial charge in [-0.25, -0.2) is 5.43 Å². The van der Waals surface area contributed by atoms with Crippen LogP contribution < -0.4 is 10.2 Å². The standard InChI is InChI=1S/C18H20N2O2/c1-14(2)16-10-8-15(9-11-16)12-19-20-18(21)13-22-17-6-4-3-5-7-17/h3-12,14H,13H2,1-2H3,(H,20,21)/b19-12-. The van der Waals surface area contributed by atoms with Crippen LogP contribution in [0.3, 0.4) is 0 Å². The van der Waals surface area contributed by atoms with E-state index in [9.17, 15) is 4.79 Å². The molecule has 0 unspecified atom stereocenters. The normalized spacial score (nSPS) is 10.9. The number of hydrogen-bond acceptors (Lipinski definition) is 3. The molecule has 0 heterocycles. The third kappa shape index (κ3) is 5.05. The van der Waals surface area contributed by atoms with Crippen LogP contribution in [0.2, 0.25) is 0 Å². The van der Waals surface area contributed by atoms with E-state index in [-0.39, 0.29) is 12.5 Å². The summed E-state index contributed by atoms with van der Waals surface area (Å²) in [5, 5.41) is 3.92. The molecule has 0 spiro atoms. The summed E-state index contributed by atoms with van der Waals surface area (Å²) in [6.45, 7) is 4.24. The Morgan fingerprint density at radius 2 is 1.82 bits per heavy atom. The van der Waals surface area contributed by atoms with Gasteiger partial charge in [-0.15, -0.1) is 0 Å². The number of benzene rings is 2. The highest BCUT2D eigenvalue weighted by Crippen LogP contribution is 2.13. The molecule has 0 aromatic heterocycles. The number of ether oxygens (including phenoxy) is 1. The zero-order valence-corrected chi connectivity index (χ0v) is 12.8. The lowest BCUT2D eigenvalue weighted by molar-refractivity contribution is -0.123. The number of hydrogen-bond donors (Lipinski definition) is 1. The second kappa shape index (κ2) is 7.98. The van der Waals surface area contributed by atoms with E-state index in [1.807, 2.05) is 30.3 Å². The van der Waals surface area contributed by atoms with Crippen LogP contribution in [-0.2, 0) is 4.79 Å². The third-order valence-corrected chi connectivity index (χ3v) is 3.12. The van der Waals surface area contributed by atoms with Gasteiger partial charge in [-0.1, -0.05) is 56.3 Å². The van der Waals surface area contributed by atoms with Gasteiger partial charge in [-0.2, -0.15) is 5.10 Å². The zero-order valence-electron chi connectivity index (χ0n) is 12.8. The molecule has 0 radical (unpaired) electrons. The van der Waals surface area contributed by atoms with E-state index < -0.39 is 0 Å². The minimum Gasteiger partial charge on any atom is -0.484 e. The van der Waals surface area contributed by atoms with Crippen LogP contribution >= 0.6 is 0 Å². The summed E-state index contributed by atoms with van der Waals surface area (Å²) in [6, 6.07) is 17.3. The first kappa shape index (κ1) is 15.8. The van der Waals surface area contributed by atoms with Crippen LogP contribution in [-0.4, -0.2) is 18.7 Å². The van der Waals surface area contributed by atoms with Crippen molar-refractivity contribution < 1.29 is 9.53 Å².